The first kappa shape index (κ1) is 11.4. The van der Waals surface area contributed by atoms with Gasteiger partial charge in [0.05, 0.1) is 0 Å². The normalized spacial score (nSPS) is 25.9. The summed E-state index contributed by atoms with van der Waals surface area (Å²) < 4.78 is 11.3. The van der Waals surface area contributed by atoms with E-state index in [2.05, 4.69) is 0 Å². The van der Waals surface area contributed by atoms with E-state index in [4.69, 9.17) is 9.47 Å². The zero-order chi connectivity index (χ0) is 13.9. The van der Waals surface area contributed by atoms with Crippen LogP contribution in [-0.4, -0.2) is 21.9 Å². The van der Waals surface area contributed by atoms with Crippen LogP contribution in [0, 0.1) is 0 Å². The van der Waals surface area contributed by atoms with E-state index in [1.165, 1.54) is 24.3 Å². The van der Waals surface area contributed by atoms with Crippen molar-refractivity contribution >= 4 is 0 Å². The standard InChI is InChI=1S/C15H12O5/c16-8-1-3-10-12(5-8)19-7-15(18)11-4-2-9(17)6-13(11)20-14(10)15/h1-6,14,16-18H,7H2/t14-,15+/m0/s1. The Morgan fingerprint density at radius 3 is 2.50 bits per heavy atom. The lowest BCUT2D eigenvalue weighted by molar-refractivity contribution is -0.0864. The fourth-order valence-corrected chi connectivity index (χ4v) is 2.86. The molecule has 2 aliphatic rings. The molecule has 0 radical (unpaired) electrons. The third-order valence-electron chi connectivity index (χ3n) is 3.84. The van der Waals surface area contributed by atoms with Gasteiger partial charge in [-0.05, 0) is 24.3 Å². The van der Waals surface area contributed by atoms with Gasteiger partial charge in [-0.25, -0.2) is 0 Å². The Morgan fingerprint density at radius 2 is 1.70 bits per heavy atom. The topological polar surface area (TPSA) is 79.2 Å². The van der Waals surface area contributed by atoms with Crippen molar-refractivity contribution < 1.29 is 24.8 Å². The van der Waals surface area contributed by atoms with Crippen LogP contribution in [0.3, 0.4) is 0 Å². The Morgan fingerprint density at radius 1 is 1.00 bits per heavy atom. The summed E-state index contributed by atoms with van der Waals surface area (Å²) in [7, 11) is 0. The molecule has 0 unspecified atom stereocenters. The second-order valence-corrected chi connectivity index (χ2v) is 5.11. The van der Waals surface area contributed by atoms with Crippen molar-refractivity contribution in [2.75, 3.05) is 6.61 Å². The summed E-state index contributed by atoms with van der Waals surface area (Å²) in [5.41, 5.74) is -0.0150. The van der Waals surface area contributed by atoms with Crippen LogP contribution in [0.2, 0.25) is 0 Å². The molecule has 2 heterocycles. The zero-order valence-electron chi connectivity index (χ0n) is 10.4. The molecule has 20 heavy (non-hydrogen) atoms. The first-order chi connectivity index (χ1) is 9.58. The molecule has 2 aromatic carbocycles. The molecule has 2 aliphatic heterocycles. The number of benzene rings is 2. The predicted molar refractivity (Wildman–Crippen MR) is 69.0 cm³/mol. The summed E-state index contributed by atoms with van der Waals surface area (Å²) in [4.78, 5) is 0. The van der Waals surface area contributed by atoms with Crippen LogP contribution in [0.25, 0.3) is 0 Å². The summed E-state index contributed by atoms with van der Waals surface area (Å²) in [6, 6.07) is 9.32. The zero-order valence-corrected chi connectivity index (χ0v) is 10.4. The van der Waals surface area contributed by atoms with E-state index < -0.39 is 11.7 Å². The smallest absolute Gasteiger partial charge is 0.168 e. The van der Waals surface area contributed by atoms with Crippen molar-refractivity contribution in [2.24, 2.45) is 0 Å². The molecule has 4 rings (SSSR count). The number of rotatable bonds is 0. The molecule has 2 atom stereocenters. The van der Waals surface area contributed by atoms with Gasteiger partial charge in [0.1, 0.15) is 29.6 Å². The Balaban J connectivity index is 1.88. The third-order valence-corrected chi connectivity index (χ3v) is 3.84. The molecule has 0 bridgehead atoms. The Bertz CT molecular complexity index is 711. The maximum Gasteiger partial charge on any atom is 0.168 e. The summed E-state index contributed by atoms with van der Waals surface area (Å²) in [6.07, 6.45) is -0.608. The molecule has 0 amide bonds. The summed E-state index contributed by atoms with van der Waals surface area (Å²) in [6.45, 7) is 0.0336. The highest BCUT2D eigenvalue weighted by molar-refractivity contribution is 5.53. The van der Waals surface area contributed by atoms with Crippen LogP contribution in [0.5, 0.6) is 23.0 Å². The maximum atomic E-state index is 10.9. The van der Waals surface area contributed by atoms with E-state index in [1.54, 1.807) is 12.1 Å². The lowest BCUT2D eigenvalue weighted by Crippen LogP contribution is -2.41. The van der Waals surface area contributed by atoms with Crippen molar-refractivity contribution in [3.05, 3.63) is 47.5 Å². The quantitative estimate of drug-likeness (QED) is 0.681. The van der Waals surface area contributed by atoms with E-state index in [-0.39, 0.29) is 18.1 Å². The van der Waals surface area contributed by atoms with Crippen molar-refractivity contribution in [3.8, 4) is 23.0 Å². The van der Waals surface area contributed by atoms with Crippen molar-refractivity contribution in [3.63, 3.8) is 0 Å². The van der Waals surface area contributed by atoms with E-state index in [0.717, 1.165) is 0 Å². The summed E-state index contributed by atoms with van der Waals surface area (Å²) in [5, 5.41) is 29.9. The molecule has 0 spiro atoms. The molecule has 5 heteroatoms. The SMILES string of the molecule is Oc1ccc2c(c1)OC[C@@]1(O)c3ccc(O)cc3O[C@@H]21. The van der Waals surface area contributed by atoms with Gasteiger partial charge < -0.3 is 24.8 Å². The second kappa shape index (κ2) is 3.58. The van der Waals surface area contributed by atoms with Crippen LogP contribution in [0.15, 0.2) is 36.4 Å². The van der Waals surface area contributed by atoms with Gasteiger partial charge in [0.2, 0.25) is 0 Å². The average molecular weight is 272 g/mol. The highest BCUT2D eigenvalue weighted by atomic mass is 16.5. The fourth-order valence-electron chi connectivity index (χ4n) is 2.86. The number of ether oxygens (including phenoxy) is 2. The van der Waals surface area contributed by atoms with Crippen LogP contribution in [-0.2, 0) is 5.60 Å². The largest absolute Gasteiger partial charge is 0.508 e. The van der Waals surface area contributed by atoms with Gasteiger partial charge in [-0.2, -0.15) is 0 Å². The molecular formula is C15H12O5. The summed E-state index contributed by atoms with van der Waals surface area (Å²) >= 11 is 0. The van der Waals surface area contributed by atoms with Gasteiger partial charge in [0.25, 0.3) is 0 Å². The van der Waals surface area contributed by atoms with Crippen LogP contribution < -0.4 is 9.47 Å². The lowest BCUT2D eigenvalue weighted by atomic mass is 9.85. The highest BCUT2D eigenvalue weighted by Crippen LogP contribution is 2.54. The molecular weight excluding hydrogens is 260 g/mol. The van der Waals surface area contributed by atoms with Crippen LogP contribution in [0.4, 0.5) is 0 Å². The minimum absolute atomic E-state index is 0.0336. The first-order valence-corrected chi connectivity index (χ1v) is 6.26. The predicted octanol–water partition coefficient (Wildman–Crippen LogP) is 1.81. The van der Waals surface area contributed by atoms with E-state index in [0.29, 0.717) is 22.6 Å². The number of hydrogen-bond donors (Lipinski definition) is 3. The van der Waals surface area contributed by atoms with E-state index in [9.17, 15) is 15.3 Å². The maximum absolute atomic E-state index is 10.9. The minimum atomic E-state index is -1.28. The molecule has 3 N–H and O–H groups in total. The van der Waals surface area contributed by atoms with E-state index in [1.807, 2.05) is 0 Å². The van der Waals surface area contributed by atoms with Gasteiger partial charge in [0.15, 0.2) is 11.7 Å². The monoisotopic (exact) mass is 272 g/mol. The molecule has 2 aromatic rings. The van der Waals surface area contributed by atoms with Crippen molar-refractivity contribution in [1.29, 1.82) is 0 Å². The van der Waals surface area contributed by atoms with Gasteiger partial charge >= 0.3 is 0 Å². The lowest BCUT2D eigenvalue weighted by Gasteiger charge is -2.34. The number of hydrogen-bond acceptors (Lipinski definition) is 5. The van der Waals surface area contributed by atoms with Crippen LogP contribution >= 0.6 is 0 Å². The number of phenols is 2. The fraction of sp³-hybridized carbons (Fsp3) is 0.200. The molecule has 0 fully saturated rings. The van der Waals surface area contributed by atoms with Crippen molar-refractivity contribution in [1.82, 2.24) is 0 Å². The Labute approximate surface area is 114 Å². The van der Waals surface area contributed by atoms with E-state index >= 15 is 0 Å². The number of phenolic OH excluding ortho intramolecular Hbond substituents is 2. The van der Waals surface area contributed by atoms with Crippen LogP contribution in [0.1, 0.15) is 17.2 Å². The van der Waals surface area contributed by atoms with Gasteiger partial charge in [-0.3, -0.25) is 0 Å². The molecule has 0 saturated carbocycles. The highest BCUT2D eigenvalue weighted by Gasteiger charge is 2.52. The Kier molecular flexibility index (Phi) is 2.04. The number of fused-ring (bicyclic) bond motifs is 5. The molecule has 0 aromatic heterocycles. The second-order valence-electron chi connectivity index (χ2n) is 5.11. The average Bonchev–Trinajstić information content (AvgIpc) is 2.71. The van der Waals surface area contributed by atoms with Crippen molar-refractivity contribution in [2.45, 2.75) is 11.7 Å². The Hall–Kier alpha value is -2.40. The number of aromatic hydroxyl groups is 2. The number of aliphatic hydroxyl groups is 1. The molecule has 0 aliphatic carbocycles. The van der Waals surface area contributed by atoms with Gasteiger partial charge in [-0.1, -0.05) is 0 Å². The first-order valence-electron chi connectivity index (χ1n) is 6.26. The third kappa shape index (κ3) is 1.35. The van der Waals surface area contributed by atoms with Gasteiger partial charge in [0, 0.05) is 23.3 Å². The molecule has 102 valence electrons. The van der Waals surface area contributed by atoms with Gasteiger partial charge in [-0.15, -0.1) is 0 Å². The molecule has 5 nitrogen and oxygen atoms in total. The minimum Gasteiger partial charge on any atom is -0.508 e. The summed E-state index contributed by atoms with van der Waals surface area (Å²) in [5.74, 6) is 1.12. The molecule has 0 saturated heterocycles.